The molecule has 2 heterocycles. The Bertz CT molecular complexity index is 1440. The molecule has 18 nitrogen and oxygen atoms in total. The van der Waals surface area contributed by atoms with Crippen LogP contribution in [0.3, 0.4) is 0 Å². The third kappa shape index (κ3) is 19.3. The first-order chi connectivity index (χ1) is 28.1. The SMILES string of the molecule is COC(=O)N1C(=O)C=CC1=O.COCCOCCC(=O)NCC1CCC(N2C(=O)C=CC2=O)CC1.COCCOCCC(=O)NCC1CCC(NC(=O)C(F)(F)F)CC1. The van der Waals surface area contributed by atoms with Gasteiger partial charge in [0.15, 0.2) is 0 Å². The van der Waals surface area contributed by atoms with Crippen molar-refractivity contribution in [2.45, 2.75) is 82.5 Å². The Morgan fingerprint density at radius 2 is 1.05 bits per heavy atom. The van der Waals surface area contributed by atoms with Crippen LogP contribution in [0.4, 0.5) is 18.0 Å². The summed E-state index contributed by atoms with van der Waals surface area (Å²) < 4.78 is 60.9. The highest BCUT2D eigenvalue weighted by Gasteiger charge is 2.40. The maximum absolute atomic E-state index is 12.2. The zero-order valence-electron chi connectivity index (χ0n) is 33.7. The summed E-state index contributed by atoms with van der Waals surface area (Å²) in [5.74, 6) is -3.11. The molecule has 332 valence electrons. The number of nitrogens with one attached hydrogen (secondary N) is 3. The molecular weight excluding hydrogens is 791 g/mol. The molecule has 0 aromatic heterocycles. The number of carbonyl (C=O) groups is 8. The summed E-state index contributed by atoms with van der Waals surface area (Å²) in [6.45, 7) is 3.81. The number of halogens is 3. The number of imide groups is 4. The number of nitrogens with zero attached hydrogens (tertiary/aromatic N) is 2. The molecule has 4 aliphatic rings. The largest absolute Gasteiger partial charge is 0.471 e. The van der Waals surface area contributed by atoms with Crippen molar-refractivity contribution < 1.29 is 75.2 Å². The van der Waals surface area contributed by atoms with E-state index < -0.39 is 36.0 Å². The molecule has 8 amide bonds. The van der Waals surface area contributed by atoms with Crippen LogP contribution in [0.1, 0.15) is 64.2 Å². The molecule has 0 spiro atoms. The quantitative estimate of drug-likeness (QED) is 0.132. The molecule has 0 unspecified atom stereocenters. The predicted octanol–water partition coefficient (Wildman–Crippen LogP) is 1.71. The van der Waals surface area contributed by atoms with Crippen LogP contribution in [0.2, 0.25) is 0 Å². The number of ether oxygens (including phenoxy) is 5. The van der Waals surface area contributed by atoms with Gasteiger partial charge in [-0.15, -0.1) is 0 Å². The predicted molar refractivity (Wildman–Crippen MR) is 201 cm³/mol. The van der Waals surface area contributed by atoms with Crippen molar-refractivity contribution in [1.29, 1.82) is 0 Å². The minimum Gasteiger partial charge on any atom is -0.452 e. The average Bonchev–Trinajstić information content (AvgIpc) is 3.74. The number of alkyl halides is 3. The molecule has 4 rings (SSSR count). The molecule has 2 saturated carbocycles. The zero-order valence-corrected chi connectivity index (χ0v) is 33.7. The highest BCUT2D eigenvalue weighted by atomic mass is 19.4. The second-order valence-corrected chi connectivity index (χ2v) is 13.9. The van der Waals surface area contributed by atoms with Gasteiger partial charge in [-0.05, 0) is 63.2 Å². The van der Waals surface area contributed by atoms with Crippen molar-refractivity contribution in [3.63, 3.8) is 0 Å². The van der Waals surface area contributed by atoms with Gasteiger partial charge in [0.2, 0.25) is 11.8 Å². The molecule has 0 radical (unpaired) electrons. The van der Waals surface area contributed by atoms with Crippen LogP contribution in [0.15, 0.2) is 24.3 Å². The molecule has 0 atom stereocenters. The Morgan fingerprint density at radius 1 is 0.627 bits per heavy atom. The summed E-state index contributed by atoms with van der Waals surface area (Å²) in [4.78, 5) is 91.5. The van der Waals surface area contributed by atoms with Crippen molar-refractivity contribution in [3.8, 4) is 0 Å². The third-order valence-corrected chi connectivity index (χ3v) is 9.62. The summed E-state index contributed by atoms with van der Waals surface area (Å²) in [5, 5.41) is 7.75. The first kappa shape index (κ1) is 50.4. The first-order valence-corrected chi connectivity index (χ1v) is 19.3. The number of methoxy groups -OCH3 is 3. The van der Waals surface area contributed by atoms with E-state index in [1.54, 1.807) is 14.2 Å². The number of hydrogen-bond acceptors (Lipinski definition) is 13. The third-order valence-electron chi connectivity index (χ3n) is 9.62. The van der Waals surface area contributed by atoms with Gasteiger partial charge in [-0.3, -0.25) is 38.5 Å². The van der Waals surface area contributed by atoms with Gasteiger partial charge in [0.05, 0.1) is 46.8 Å². The lowest BCUT2D eigenvalue weighted by molar-refractivity contribution is -0.174. The molecule has 2 fully saturated rings. The van der Waals surface area contributed by atoms with Crippen LogP contribution in [-0.2, 0) is 57.2 Å². The van der Waals surface area contributed by atoms with Gasteiger partial charge in [-0.1, -0.05) is 0 Å². The summed E-state index contributed by atoms with van der Waals surface area (Å²) in [5.41, 5.74) is 0. The Kier molecular flexibility index (Phi) is 23.2. The second-order valence-electron chi connectivity index (χ2n) is 13.9. The molecular formula is C38H56F3N5O13. The summed E-state index contributed by atoms with van der Waals surface area (Å²) >= 11 is 0. The van der Waals surface area contributed by atoms with E-state index in [2.05, 4.69) is 15.4 Å². The van der Waals surface area contributed by atoms with Gasteiger partial charge in [-0.2, -0.15) is 18.1 Å². The zero-order chi connectivity index (χ0) is 43.8. The standard InChI is InChI=1S/C17H26N2O5.C15H25F3N2O4.C6H5NO4/c1-23-10-11-24-9-8-15(20)18-12-13-2-4-14(5-3-13)19-16(21)6-7-17(19)22;1-23-8-9-24-7-6-13(21)19-10-11-2-4-12(5-3-11)20-14(22)15(16,17)18;1-11-6(10)7-4(8)2-3-5(7)9/h6-7,13-14H,2-5,8-12H2,1H3,(H,18,20);11-12H,2-10H2,1H3,(H,19,21)(H,20,22);2-3H,1H3. The smallest absolute Gasteiger partial charge is 0.452 e. The van der Waals surface area contributed by atoms with Crippen molar-refractivity contribution in [2.24, 2.45) is 11.8 Å². The fourth-order valence-corrected chi connectivity index (χ4v) is 6.34. The van der Waals surface area contributed by atoms with E-state index in [0.717, 1.165) is 44.9 Å². The van der Waals surface area contributed by atoms with Crippen molar-refractivity contribution >= 4 is 47.4 Å². The minimum absolute atomic E-state index is 0.00105. The Hall–Kier alpha value is -4.73. The van der Waals surface area contributed by atoms with Gasteiger partial charge in [0, 0.05) is 76.5 Å². The van der Waals surface area contributed by atoms with Gasteiger partial charge < -0.3 is 39.6 Å². The van der Waals surface area contributed by atoms with Gasteiger partial charge >= 0.3 is 18.2 Å². The molecule has 21 heteroatoms. The van der Waals surface area contributed by atoms with E-state index in [0.29, 0.717) is 95.7 Å². The summed E-state index contributed by atoms with van der Waals surface area (Å²) in [6, 6.07) is -0.443. The van der Waals surface area contributed by atoms with Gasteiger partial charge in [0.25, 0.3) is 23.6 Å². The molecule has 2 aliphatic carbocycles. The van der Waals surface area contributed by atoms with Gasteiger partial charge in [-0.25, -0.2) is 4.79 Å². The monoisotopic (exact) mass is 847 g/mol. The van der Waals surface area contributed by atoms with E-state index in [9.17, 15) is 51.5 Å². The molecule has 0 saturated heterocycles. The lowest BCUT2D eigenvalue weighted by Gasteiger charge is -2.33. The number of carbonyl (C=O) groups excluding carboxylic acids is 8. The van der Waals surface area contributed by atoms with Crippen molar-refractivity contribution in [1.82, 2.24) is 25.8 Å². The lowest BCUT2D eigenvalue weighted by atomic mass is 9.85. The van der Waals surface area contributed by atoms with E-state index in [-0.39, 0.29) is 42.0 Å². The van der Waals surface area contributed by atoms with Crippen molar-refractivity contribution in [2.75, 3.05) is 74.1 Å². The summed E-state index contributed by atoms with van der Waals surface area (Å²) in [6.07, 6.45) is 5.28. The molecule has 0 aromatic carbocycles. The normalized spacial score (nSPS) is 21.3. The van der Waals surface area contributed by atoms with E-state index in [1.807, 2.05) is 5.32 Å². The van der Waals surface area contributed by atoms with Crippen LogP contribution in [-0.4, -0.2) is 150 Å². The van der Waals surface area contributed by atoms with Crippen LogP contribution in [0.5, 0.6) is 0 Å². The molecule has 0 aromatic rings. The Balaban J connectivity index is 0.000000326. The molecule has 3 N–H and O–H groups in total. The average molecular weight is 848 g/mol. The Labute approximate surface area is 340 Å². The van der Waals surface area contributed by atoms with E-state index in [1.165, 1.54) is 17.1 Å². The Morgan fingerprint density at radius 3 is 1.46 bits per heavy atom. The number of hydrogen-bond donors (Lipinski definition) is 3. The minimum atomic E-state index is -4.84. The van der Waals surface area contributed by atoms with Crippen molar-refractivity contribution in [3.05, 3.63) is 24.3 Å². The fourth-order valence-electron chi connectivity index (χ4n) is 6.34. The van der Waals surface area contributed by atoms with Crippen LogP contribution < -0.4 is 16.0 Å². The van der Waals surface area contributed by atoms with Crippen LogP contribution in [0, 0.1) is 11.8 Å². The molecule has 59 heavy (non-hydrogen) atoms. The topological polar surface area (TPSA) is 225 Å². The highest BCUT2D eigenvalue weighted by Crippen LogP contribution is 2.29. The lowest BCUT2D eigenvalue weighted by Crippen LogP contribution is -2.45. The van der Waals surface area contributed by atoms with Gasteiger partial charge in [0.1, 0.15) is 0 Å². The molecule has 0 bridgehead atoms. The summed E-state index contributed by atoms with van der Waals surface area (Å²) in [7, 11) is 4.28. The fraction of sp³-hybridized carbons (Fsp3) is 0.684. The highest BCUT2D eigenvalue weighted by molar-refractivity contribution is 6.21. The van der Waals surface area contributed by atoms with Crippen LogP contribution >= 0.6 is 0 Å². The maximum Gasteiger partial charge on any atom is 0.471 e. The van der Waals surface area contributed by atoms with Crippen LogP contribution in [0.25, 0.3) is 0 Å². The maximum atomic E-state index is 12.2. The first-order valence-electron chi connectivity index (χ1n) is 19.3. The molecule has 2 aliphatic heterocycles. The second kappa shape index (κ2) is 27.1. The number of rotatable bonds is 18. The van der Waals surface area contributed by atoms with E-state index >= 15 is 0 Å². The number of amides is 8. The van der Waals surface area contributed by atoms with E-state index in [4.69, 9.17) is 18.9 Å².